The van der Waals surface area contributed by atoms with Crippen molar-refractivity contribution in [2.24, 2.45) is 0 Å². The van der Waals surface area contributed by atoms with Crippen LogP contribution in [-0.4, -0.2) is 37.2 Å². The van der Waals surface area contributed by atoms with E-state index in [4.69, 9.17) is 18.9 Å². The number of carbonyl (C=O) groups excluding carboxylic acids is 1. The maximum absolute atomic E-state index is 12.0. The highest BCUT2D eigenvalue weighted by Gasteiger charge is 2.19. The summed E-state index contributed by atoms with van der Waals surface area (Å²) in [5, 5.41) is 7.98. The molecule has 0 saturated heterocycles. The molecule has 0 bridgehead atoms. The van der Waals surface area contributed by atoms with Crippen LogP contribution in [0.15, 0.2) is 30.3 Å². The van der Waals surface area contributed by atoms with Gasteiger partial charge in [0.2, 0.25) is 6.79 Å². The third kappa shape index (κ3) is 2.63. The molecule has 1 aliphatic rings. The van der Waals surface area contributed by atoms with Crippen molar-refractivity contribution in [3.05, 3.63) is 47.2 Å². The van der Waals surface area contributed by atoms with E-state index in [-0.39, 0.29) is 6.79 Å². The van der Waals surface area contributed by atoms with Gasteiger partial charge in [0.25, 0.3) is 0 Å². The van der Waals surface area contributed by atoms with Gasteiger partial charge in [0.15, 0.2) is 11.5 Å². The molecule has 3 aromatic rings. The standard InChI is InChI=1S/C19H16N2O5/c1-23-18-12(19(22)24-2)5-7-14-17(18)13(20-21-14)6-3-11-4-8-15-16(9-11)26-10-25-15/h3-9H,10H2,1-2H3,(H,20,21). The van der Waals surface area contributed by atoms with Crippen LogP contribution in [0.3, 0.4) is 0 Å². The molecule has 132 valence electrons. The normalized spacial score (nSPS) is 12.7. The zero-order chi connectivity index (χ0) is 18.1. The zero-order valence-electron chi connectivity index (χ0n) is 14.2. The molecule has 0 saturated carbocycles. The first kappa shape index (κ1) is 16.0. The molecular formula is C19H16N2O5. The van der Waals surface area contributed by atoms with Crippen LogP contribution in [0.2, 0.25) is 0 Å². The summed E-state index contributed by atoms with van der Waals surface area (Å²) in [6.07, 6.45) is 3.75. The van der Waals surface area contributed by atoms with Crippen LogP contribution < -0.4 is 14.2 Å². The lowest BCUT2D eigenvalue weighted by Crippen LogP contribution is -2.04. The van der Waals surface area contributed by atoms with Crippen molar-refractivity contribution >= 4 is 29.0 Å². The summed E-state index contributed by atoms with van der Waals surface area (Å²) in [4.78, 5) is 12.0. The van der Waals surface area contributed by atoms with E-state index < -0.39 is 5.97 Å². The van der Waals surface area contributed by atoms with Crippen molar-refractivity contribution in [3.63, 3.8) is 0 Å². The predicted octanol–water partition coefficient (Wildman–Crippen LogP) is 3.26. The lowest BCUT2D eigenvalue weighted by Gasteiger charge is -2.08. The number of aromatic nitrogens is 2. The van der Waals surface area contributed by atoms with Crippen molar-refractivity contribution in [2.45, 2.75) is 0 Å². The van der Waals surface area contributed by atoms with Crippen LogP contribution in [0.5, 0.6) is 17.2 Å². The second kappa shape index (κ2) is 6.44. The molecule has 7 nitrogen and oxygen atoms in total. The molecule has 0 amide bonds. The maximum Gasteiger partial charge on any atom is 0.341 e. The number of hydrogen-bond acceptors (Lipinski definition) is 6. The van der Waals surface area contributed by atoms with Gasteiger partial charge in [-0.1, -0.05) is 12.1 Å². The molecule has 7 heteroatoms. The van der Waals surface area contributed by atoms with E-state index in [0.717, 1.165) is 16.8 Å². The quantitative estimate of drug-likeness (QED) is 0.726. The molecule has 0 aliphatic carbocycles. The molecule has 2 aromatic carbocycles. The smallest absolute Gasteiger partial charge is 0.341 e. The summed E-state index contributed by atoms with van der Waals surface area (Å²) in [5.41, 5.74) is 2.70. The molecular weight excluding hydrogens is 336 g/mol. The van der Waals surface area contributed by atoms with Crippen LogP contribution in [0, 0.1) is 0 Å². The van der Waals surface area contributed by atoms with Gasteiger partial charge in [-0.2, -0.15) is 5.10 Å². The first-order chi connectivity index (χ1) is 12.7. The number of aromatic amines is 1. The third-order valence-corrected chi connectivity index (χ3v) is 4.15. The Kier molecular flexibility index (Phi) is 3.96. The summed E-state index contributed by atoms with van der Waals surface area (Å²) in [6, 6.07) is 9.10. The molecule has 1 N–H and O–H groups in total. The molecule has 0 spiro atoms. The SMILES string of the molecule is COC(=O)c1ccc2[nH]nc(C=Cc3ccc4c(c3)OCO4)c2c1OC. The average molecular weight is 352 g/mol. The van der Waals surface area contributed by atoms with Gasteiger partial charge in [0.1, 0.15) is 11.3 Å². The highest BCUT2D eigenvalue weighted by Crippen LogP contribution is 2.34. The highest BCUT2D eigenvalue weighted by atomic mass is 16.7. The fourth-order valence-corrected chi connectivity index (χ4v) is 2.90. The third-order valence-electron chi connectivity index (χ3n) is 4.15. The number of nitrogens with zero attached hydrogens (tertiary/aromatic N) is 1. The van der Waals surface area contributed by atoms with Crippen LogP contribution in [0.4, 0.5) is 0 Å². The van der Waals surface area contributed by atoms with Crippen molar-refractivity contribution in [1.82, 2.24) is 10.2 Å². The summed E-state index contributed by atoms with van der Waals surface area (Å²) >= 11 is 0. The zero-order valence-corrected chi connectivity index (χ0v) is 14.2. The van der Waals surface area contributed by atoms with Gasteiger partial charge in [0.05, 0.1) is 30.8 Å². The lowest BCUT2D eigenvalue weighted by molar-refractivity contribution is 0.0597. The predicted molar refractivity (Wildman–Crippen MR) is 95.5 cm³/mol. The van der Waals surface area contributed by atoms with E-state index >= 15 is 0 Å². The highest BCUT2D eigenvalue weighted by molar-refractivity contribution is 6.03. The molecule has 0 fully saturated rings. The molecule has 0 unspecified atom stereocenters. The van der Waals surface area contributed by atoms with E-state index in [1.165, 1.54) is 14.2 Å². The second-order valence-corrected chi connectivity index (χ2v) is 5.62. The first-order valence-electron chi connectivity index (χ1n) is 7.92. The minimum atomic E-state index is -0.462. The summed E-state index contributed by atoms with van der Waals surface area (Å²) in [5.74, 6) is 1.41. The lowest BCUT2D eigenvalue weighted by atomic mass is 10.1. The fourth-order valence-electron chi connectivity index (χ4n) is 2.90. The number of hydrogen-bond donors (Lipinski definition) is 1. The van der Waals surface area contributed by atoms with Crippen LogP contribution in [0.1, 0.15) is 21.6 Å². The second-order valence-electron chi connectivity index (χ2n) is 5.62. The van der Waals surface area contributed by atoms with Gasteiger partial charge in [-0.3, -0.25) is 5.10 Å². The number of benzene rings is 2. The topological polar surface area (TPSA) is 82.7 Å². The Morgan fingerprint density at radius 1 is 1.15 bits per heavy atom. The van der Waals surface area contributed by atoms with Crippen molar-refractivity contribution in [1.29, 1.82) is 0 Å². The largest absolute Gasteiger partial charge is 0.495 e. The minimum Gasteiger partial charge on any atom is -0.495 e. The number of H-pyrrole nitrogens is 1. The summed E-state index contributed by atoms with van der Waals surface area (Å²) in [6.45, 7) is 0.236. The Bertz CT molecular complexity index is 1020. The van der Waals surface area contributed by atoms with Gasteiger partial charge in [-0.05, 0) is 35.9 Å². The summed E-state index contributed by atoms with van der Waals surface area (Å²) in [7, 11) is 2.85. The monoisotopic (exact) mass is 352 g/mol. The van der Waals surface area contributed by atoms with E-state index in [2.05, 4.69) is 10.2 Å². The van der Waals surface area contributed by atoms with E-state index in [0.29, 0.717) is 28.1 Å². The molecule has 26 heavy (non-hydrogen) atoms. The maximum atomic E-state index is 12.0. The molecule has 2 heterocycles. The van der Waals surface area contributed by atoms with Crippen molar-refractivity contribution in [2.75, 3.05) is 21.0 Å². The van der Waals surface area contributed by atoms with Crippen molar-refractivity contribution < 1.29 is 23.7 Å². The number of carbonyl (C=O) groups is 1. The van der Waals surface area contributed by atoms with Crippen LogP contribution in [0.25, 0.3) is 23.1 Å². The average Bonchev–Trinajstić information content (AvgIpc) is 3.31. The van der Waals surface area contributed by atoms with Crippen molar-refractivity contribution in [3.8, 4) is 17.2 Å². The van der Waals surface area contributed by atoms with Gasteiger partial charge < -0.3 is 18.9 Å². The number of ether oxygens (including phenoxy) is 4. The Morgan fingerprint density at radius 2 is 2.00 bits per heavy atom. The molecule has 0 atom stereocenters. The molecule has 0 radical (unpaired) electrons. The molecule has 1 aromatic heterocycles. The van der Waals surface area contributed by atoms with Gasteiger partial charge in [0, 0.05) is 0 Å². The Balaban J connectivity index is 1.75. The number of rotatable bonds is 4. The molecule has 1 aliphatic heterocycles. The van der Waals surface area contributed by atoms with E-state index in [1.807, 2.05) is 30.4 Å². The Labute approximate surface area is 149 Å². The van der Waals surface area contributed by atoms with Gasteiger partial charge in [-0.15, -0.1) is 0 Å². The number of methoxy groups -OCH3 is 2. The van der Waals surface area contributed by atoms with Gasteiger partial charge >= 0.3 is 5.97 Å². The molecule has 4 rings (SSSR count). The summed E-state index contributed by atoms with van der Waals surface area (Å²) < 4.78 is 21.0. The van der Waals surface area contributed by atoms with E-state index in [9.17, 15) is 4.79 Å². The van der Waals surface area contributed by atoms with E-state index in [1.54, 1.807) is 12.1 Å². The fraction of sp³-hybridized carbons (Fsp3) is 0.158. The number of esters is 1. The first-order valence-corrected chi connectivity index (χ1v) is 7.92. The minimum absolute atomic E-state index is 0.236. The number of nitrogens with one attached hydrogen (secondary N) is 1. The number of fused-ring (bicyclic) bond motifs is 2. The van der Waals surface area contributed by atoms with Crippen LogP contribution >= 0.6 is 0 Å². The Hall–Kier alpha value is -3.48. The van der Waals surface area contributed by atoms with Gasteiger partial charge in [-0.25, -0.2) is 4.79 Å². The van der Waals surface area contributed by atoms with Crippen LogP contribution in [-0.2, 0) is 4.74 Å². The Morgan fingerprint density at radius 3 is 2.81 bits per heavy atom.